The number of carboxylic acids is 1. The number of benzene rings is 2. The van der Waals surface area contributed by atoms with Crippen LogP contribution in [0.1, 0.15) is 28.3 Å². The first-order chi connectivity index (χ1) is 11.6. The molecular weight excluding hydrogens is 306 g/mol. The number of aromatic carboxylic acids is 1. The predicted molar refractivity (Wildman–Crippen MR) is 89.2 cm³/mol. The molecule has 24 heavy (non-hydrogen) atoms. The Morgan fingerprint density at radius 3 is 2.67 bits per heavy atom. The molecule has 0 heterocycles. The summed E-state index contributed by atoms with van der Waals surface area (Å²) in [6.45, 7) is 0.700. The highest BCUT2D eigenvalue weighted by Gasteiger charge is 2.43. The van der Waals surface area contributed by atoms with E-state index in [1.165, 1.54) is 17.7 Å². The van der Waals surface area contributed by atoms with Gasteiger partial charge in [0.05, 0.1) is 12.1 Å². The second-order valence-corrected chi connectivity index (χ2v) is 5.83. The van der Waals surface area contributed by atoms with E-state index in [0.29, 0.717) is 24.8 Å². The smallest absolute Gasteiger partial charge is 0.335 e. The van der Waals surface area contributed by atoms with Gasteiger partial charge in [-0.1, -0.05) is 36.4 Å². The molecule has 2 aromatic carbocycles. The van der Waals surface area contributed by atoms with Crippen molar-refractivity contribution in [1.29, 1.82) is 0 Å². The summed E-state index contributed by atoms with van der Waals surface area (Å²) in [6.07, 6.45) is 0.886. The SMILES string of the molecule is O=C(O)c1cccc(OCCNC(=O)C2CC2c2ccccc2)c1. The van der Waals surface area contributed by atoms with Crippen LogP contribution in [-0.4, -0.2) is 30.1 Å². The van der Waals surface area contributed by atoms with Crippen LogP contribution >= 0.6 is 0 Å². The summed E-state index contributed by atoms with van der Waals surface area (Å²) < 4.78 is 5.48. The molecule has 0 aromatic heterocycles. The van der Waals surface area contributed by atoms with E-state index in [9.17, 15) is 9.59 Å². The van der Waals surface area contributed by atoms with Crippen LogP contribution < -0.4 is 10.1 Å². The molecule has 1 saturated carbocycles. The van der Waals surface area contributed by atoms with E-state index in [1.807, 2.05) is 18.2 Å². The van der Waals surface area contributed by atoms with Gasteiger partial charge in [-0.15, -0.1) is 0 Å². The molecule has 0 aliphatic heterocycles. The van der Waals surface area contributed by atoms with Crippen molar-refractivity contribution in [3.05, 3.63) is 65.7 Å². The first-order valence-corrected chi connectivity index (χ1v) is 7.94. The number of hydrogen-bond donors (Lipinski definition) is 2. The third-order valence-electron chi connectivity index (χ3n) is 4.11. The Morgan fingerprint density at radius 2 is 1.92 bits per heavy atom. The Morgan fingerprint density at radius 1 is 1.12 bits per heavy atom. The van der Waals surface area contributed by atoms with Crippen molar-refractivity contribution >= 4 is 11.9 Å². The highest BCUT2D eigenvalue weighted by atomic mass is 16.5. The zero-order chi connectivity index (χ0) is 16.9. The average Bonchev–Trinajstić information content (AvgIpc) is 3.40. The summed E-state index contributed by atoms with van der Waals surface area (Å²) in [6, 6.07) is 16.4. The molecule has 0 spiro atoms. The molecule has 1 aliphatic rings. The van der Waals surface area contributed by atoms with Crippen LogP contribution in [0.25, 0.3) is 0 Å². The van der Waals surface area contributed by atoms with Crippen molar-refractivity contribution in [2.75, 3.05) is 13.2 Å². The third-order valence-corrected chi connectivity index (χ3v) is 4.11. The number of carbonyl (C=O) groups excluding carboxylic acids is 1. The number of amides is 1. The molecule has 0 saturated heterocycles. The van der Waals surface area contributed by atoms with E-state index in [2.05, 4.69) is 17.4 Å². The van der Waals surface area contributed by atoms with Crippen LogP contribution in [0.4, 0.5) is 0 Å². The molecule has 0 bridgehead atoms. The first kappa shape index (κ1) is 16.1. The van der Waals surface area contributed by atoms with E-state index < -0.39 is 5.97 Å². The number of nitrogens with one attached hydrogen (secondary N) is 1. The zero-order valence-electron chi connectivity index (χ0n) is 13.1. The van der Waals surface area contributed by atoms with E-state index in [-0.39, 0.29) is 17.4 Å². The van der Waals surface area contributed by atoms with Gasteiger partial charge in [-0.05, 0) is 36.1 Å². The standard InChI is InChI=1S/C19H19NO4/c21-18(17-12-16(17)13-5-2-1-3-6-13)20-9-10-24-15-8-4-7-14(11-15)19(22)23/h1-8,11,16-17H,9-10,12H2,(H,20,21)(H,22,23). The highest BCUT2D eigenvalue weighted by molar-refractivity contribution is 5.88. The van der Waals surface area contributed by atoms with Crippen LogP contribution in [-0.2, 0) is 4.79 Å². The third kappa shape index (κ3) is 3.93. The molecule has 2 unspecified atom stereocenters. The average molecular weight is 325 g/mol. The molecule has 5 heteroatoms. The summed E-state index contributed by atoms with van der Waals surface area (Å²) in [7, 11) is 0. The Labute approximate surface area is 140 Å². The maximum atomic E-state index is 12.1. The lowest BCUT2D eigenvalue weighted by Gasteiger charge is -2.08. The van der Waals surface area contributed by atoms with Crippen molar-refractivity contribution in [3.8, 4) is 5.75 Å². The predicted octanol–water partition coefficient (Wildman–Crippen LogP) is 2.68. The highest BCUT2D eigenvalue weighted by Crippen LogP contribution is 2.47. The molecule has 3 rings (SSSR count). The fraction of sp³-hybridized carbons (Fsp3) is 0.263. The summed E-state index contributed by atoms with van der Waals surface area (Å²) in [5.74, 6) is -0.0963. The van der Waals surface area contributed by atoms with Crippen molar-refractivity contribution in [2.45, 2.75) is 12.3 Å². The van der Waals surface area contributed by atoms with Gasteiger partial charge >= 0.3 is 5.97 Å². The summed E-state index contributed by atoms with van der Waals surface area (Å²) in [4.78, 5) is 23.0. The maximum Gasteiger partial charge on any atom is 0.335 e. The molecule has 2 atom stereocenters. The Bertz CT molecular complexity index is 729. The molecule has 124 valence electrons. The van der Waals surface area contributed by atoms with Gasteiger partial charge in [0, 0.05) is 5.92 Å². The van der Waals surface area contributed by atoms with Gasteiger partial charge in [0.1, 0.15) is 12.4 Å². The second-order valence-electron chi connectivity index (χ2n) is 5.83. The van der Waals surface area contributed by atoms with Crippen molar-refractivity contribution < 1.29 is 19.4 Å². The van der Waals surface area contributed by atoms with Crippen LogP contribution in [0, 0.1) is 5.92 Å². The number of ether oxygens (including phenoxy) is 1. The van der Waals surface area contributed by atoms with E-state index >= 15 is 0 Å². The van der Waals surface area contributed by atoms with Crippen molar-refractivity contribution in [1.82, 2.24) is 5.32 Å². The summed E-state index contributed by atoms with van der Waals surface area (Å²) >= 11 is 0. The largest absolute Gasteiger partial charge is 0.492 e. The molecule has 2 N–H and O–H groups in total. The molecule has 2 aromatic rings. The van der Waals surface area contributed by atoms with E-state index in [1.54, 1.807) is 12.1 Å². The monoisotopic (exact) mass is 325 g/mol. The Balaban J connectivity index is 1.40. The lowest BCUT2D eigenvalue weighted by Crippen LogP contribution is -2.29. The molecular formula is C19H19NO4. The van der Waals surface area contributed by atoms with Crippen LogP contribution in [0.5, 0.6) is 5.75 Å². The molecule has 1 fully saturated rings. The minimum atomic E-state index is -0.991. The van der Waals surface area contributed by atoms with E-state index in [4.69, 9.17) is 9.84 Å². The van der Waals surface area contributed by atoms with Crippen LogP contribution in [0.15, 0.2) is 54.6 Å². The van der Waals surface area contributed by atoms with Gasteiger partial charge in [0.25, 0.3) is 0 Å². The topological polar surface area (TPSA) is 75.6 Å². The van der Waals surface area contributed by atoms with Gasteiger partial charge in [0.2, 0.25) is 5.91 Å². The minimum absolute atomic E-state index is 0.0442. The van der Waals surface area contributed by atoms with Gasteiger partial charge in [-0.2, -0.15) is 0 Å². The molecule has 5 nitrogen and oxygen atoms in total. The van der Waals surface area contributed by atoms with Gasteiger partial charge in [0.15, 0.2) is 0 Å². The van der Waals surface area contributed by atoms with Gasteiger partial charge in [-0.25, -0.2) is 4.79 Å². The van der Waals surface area contributed by atoms with E-state index in [0.717, 1.165) is 6.42 Å². The fourth-order valence-corrected chi connectivity index (χ4v) is 2.75. The maximum absolute atomic E-state index is 12.1. The quantitative estimate of drug-likeness (QED) is 0.768. The summed E-state index contributed by atoms with van der Waals surface area (Å²) in [5, 5.41) is 11.8. The first-order valence-electron chi connectivity index (χ1n) is 7.94. The number of rotatable bonds is 7. The van der Waals surface area contributed by atoms with Crippen molar-refractivity contribution in [2.24, 2.45) is 5.92 Å². The molecule has 1 amide bonds. The van der Waals surface area contributed by atoms with Gasteiger partial charge < -0.3 is 15.2 Å². The lowest BCUT2D eigenvalue weighted by molar-refractivity contribution is -0.122. The number of hydrogen-bond acceptors (Lipinski definition) is 3. The number of carboxylic acid groups (broad SMARTS) is 1. The summed E-state index contributed by atoms with van der Waals surface area (Å²) in [5.41, 5.74) is 1.39. The minimum Gasteiger partial charge on any atom is -0.492 e. The number of carbonyl (C=O) groups is 2. The second kappa shape index (κ2) is 7.17. The van der Waals surface area contributed by atoms with Gasteiger partial charge in [-0.3, -0.25) is 4.79 Å². The molecule has 0 radical (unpaired) electrons. The Hall–Kier alpha value is -2.82. The normalized spacial score (nSPS) is 18.7. The van der Waals surface area contributed by atoms with Crippen LogP contribution in [0.2, 0.25) is 0 Å². The molecule has 1 aliphatic carbocycles. The Kier molecular flexibility index (Phi) is 4.79. The van der Waals surface area contributed by atoms with Crippen molar-refractivity contribution in [3.63, 3.8) is 0 Å². The fourth-order valence-electron chi connectivity index (χ4n) is 2.75. The lowest BCUT2D eigenvalue weighted by atomic mass is 10.1. The van der Waals surface area contributed by atoms with Crippen LogP contribution in [0.3, 0.4) is 0 Å². The zero-order valence-corrected chi connectivity index (χ0v) is 13.1.